The molecular formula is C32H41F3N6O3S. The number of anilines is 2. The van der Waals surface area contributed by atoms with Crippen molar-refractivity contribution in [3.63, 3.8) is 0 Å². The van der Waals surface area contributed by atoms with E-state index >= 15 is 13.2 Å². The van der Waals surface area contributed by atoms with Crippen LogP contribution in [0, 0.1) is 11.7 Å². The van der Waals surface area contributed by atoms with E-state index in [1.807, 2.05) is 0 Å². The Morgan fingerprint density at radius 2 is 1.62 bits per heavy atom. The molecule has 0 aliphatic carbocycles. The zero-order chi connectivity index (χ0) is 31.8. The number of aryl methyl sites for hydroxylation is 1. The van der Waals surface area contributed by atoms with Gasteiger partial charge in [-0.05, 0) is 58.3 Å². The second-order valence-corrected chi connectivity index (χ2v) is 15.0. The van der Waals surface area contributed by atoms with Crippen LogP contribution in [0.2, 0.25) is 0 Å². The van der Waals surface area contributed by atoms with Crippen molar-refractivity contribution in [1.82, 2.24) is 19.4 Å². The second-order valence-electron chi connectivity index (χ2n) is 12.7. The van der Waals surface area contributed by atoms with Crippen molar-refractivity contribution in [2.24, 2.45) is 5.92 Å². The van der Waals surface area contributed by atoms with E-state index in [-0.39, 0.29) is 35.7 Å². The number of aromatic nitrogens is 3. The third kappa shape index (κ3) is 6.56. The maximum absolute atomic E-state index is 16.0. The van der Waals surface area contributed by atoms with Gasteiger partial charge in [0.2, 0.25) is 0 Å². The third-order valence-electron chi connectivity index (χ3n) is 9.71. The zero-order valence-electron chi connectivity index (χ0n) is 25.7. The zero-order valence-corrected chi connectivity index (χ0v) is 26.5. The molecule has 9 nitrogen and oxygen atoms in total. The minimum absolute atomic E-state index is 0.0452. The van der Waals surface area contributed by atoms with Crippen LogP contribution in [0.1, 0.15) is 69.0 Å². The van der Waals surface area contributed by atoms with Crippen LogP contribution in [0.4, 0.5) is 24.7 Å². The number of benzene rings is 1. The fraction of sp³-hybridized carbons (Fsp3) is 0.594. The first-order valence-corrected chi connectivity index (χ1v) is 17.9. The largest absolute Gasteiger partial charge is 0.365 e. The lowest BCUT2D eigenvalue weighted by Crippen LogP contribution is -2.43. The van der Waals surface area contributed by atoms with Crippen LogP contribution in [0.25, 0.3) is 11.0 Å². The summed E-state index contributed by atoms with van der Waals surface area (Å²) in [6.45, 7) is 4.51. The highest BCUT2D eigenvalue weighted by Gasteiger charge is 2.45. The van der Waals surface area contributed by atoms with Crippen LogP contribution in [0.5, 0.6) is 0 Å². The summed E-state index contributed by atoms with van der Waals surface area (Å²) >= 11 is 0. The standard InChI is InChI=1S/C32H41F3N6O3S/c1-22-24-8-7-9-26(28(24)33)32(34,35)23-10-14-39(15-11-23)12-5-3-2-4-6-13-41-30-25(29(38-22)36-21-37-30)20-27(31(41)42)40-16-18-45(43,44)19-17-40/h7-9,20-23H,2-6,10-19H2,1H3,(H,36,37,38)/t22-/m1/s1. The lowest BCUT2D eigenvalue weighted by Gasteiger charge is -2.36. The molecule has 0 unspecified atom stereocenters. The molecule has 45 heavy (non-hydrogen) atoms. The van der Waals surface area contributed by atoms with Crippen molar-refractivity contribution in [3.05, 3.63) is 57.9 Å². The molecule has 0 amide bonds. The van der Waals surface area contributed by atoms with Gasteiger partial charge >= 0.3 is 0 Å². The van der Waals surface area contributed by atoms with Gasteiger partial charge in [-0.25, -0.2) is 31.6 Å². The third-order valence-corrected chi connectivity index (χ3v) is 11.3. The van der Waals surface area contributed by atoms with E-state index in [0.717, 1.165) is 38.6 Å². The van der Waals surface area contributed by atoms with E-state index < -0.39 is 39.1 Å². The molecule has 244 valence electrons. The number of sulfone groups is 1. The first-order chi connectivity index (χ1) is 21.5. The van der Waals surface area contributed by atoms with Gasteiger partial charge in [0.1, 0.15) is 29.3 Å². The van der Waals surface area contributed by atoms with Gasteiger partial charge in [-0.2, -0.15) is 0 Å². The molecule has 2 aromatic heterocycles. The van der Waals surface area contributed by atoms with Crippen LogP contribution in [0.15, 0.2) is 35.4 Å². The van der Waals surface area contributed by atoms with Crippen LogP contribution < -0.4 is 15.8 Å². The van der Waals surface area contributed by atoms with Crippen molar-refractivity contribution in [2.45, 2.75) is 70.4 Å². The number of rotatable bonds is 1. The van der Waals surface area contributed by atoms with Crippen LogP contribution in [-0.4, -0.2) is 72.1 Å². The molecule has 3 aromatic rings. The van der Waals surface area contributed by atoms with Gasteiger partial charge in [0.15, 0.2) is 9.84 Å². The molecule has 1 N–H and O–H groups in total. The quantitative estimate of drug-likeness (QED) is 0.390. The molecule has 4 aliphatic heterocycles. The monoisotopic (exact) mass is 646 g/mol. The van der Waals surface area contributed by atoms with Crippen LogP contribution in [-0.2, 0) is 22.3 Å². The Morgan fingerprint density at radius 1 is 0.933 bits per heavy atom. The number of nitrogens with zero attached hydrogens (tertiary/aromatic N) is 5. The molecular weight excluding hydrogens is 605 g/mol. The first-order valence-electron chi connectivity index (χ1n) is 16.0. The van der Waals surface area contributed by atoms with Gasteiger partial charge in [-0.1, -0.05) is 37.5 Å². The molecule has 0 radical (unpaired) electrons. The Labute approximate surface area is 261 Å². The molecule has 1 atom stereocenters. The molecule has 0 spiro atoms. The maximum Gasteiger partial charge on any atom is 0.278 e. The van der Waals surface area contributed by atoms with Gasteiger partial charge in [-0.3, -0.25) is 9.36 Å². The van der Waals surface area contributed by atoms with Gasteiger partial charge in [0, 0.05) is 31.1 Å². The molecule has 2 fully saturated rings. The van der Waals surface area contributed by atoms with Crippen molar-refractivity contribution >= 4 is 32.4 Å². The summed E-state index contributed by atoms with van der Waals surface area (Å²) in [6, 6.07) is 5.10. The maximum atomic E-state index is 16.0. The molecule has 8 bridgehead atoms. The molecule has 7 rings (SSSR count). The predicted molar refractivity (Wildman–Crippen MR) is 169 cm³/mol. The lowest BCUT2D eigenvalue weighted by atomic mass is 9.85. The summed E-state index contributed by atoms with van der Waals surface area (Å²) in [5, 5.41) is 3.73. The number of piperidine rings is 1. The highest BCUT2D eigenvalue weighted by molar-refractivity contribution is 7.91. The van der Waals surface area contributed by atoms with Gasteiger partial charge in [0.25, 0.3) is 11.5 Å². The average molecular weight is 647 g/mol. The van der Waals surface area contributed by atoms with Crippen molar-refractivity contribution in [1.29, 1.82) is 0 Å². The van der Waals surface area contributed by atoms with E-state index in [4.69, 9.17) is 0 Å². The number of fused-ring (bicyclic) bond motifs is 9. The van der Waals surface area contributed by atoms with E-state index in [2.05, 4.69) is 20.2 Å². The summed E-state index contributed by atoms with van der Waals surface area (Å²) in [4.78, 5) is 26.8. The number of pyridine rings is 1. The molecule has 1 aromatic carbocycles. The number of hydrogen-bond donors (Lipinski definition) is 1. The van der Waals surface area contributed by atoms with Gasteiger partial charge in [-0.15, -0.1) is 0 Å². The summed E-state index contributed by atoms with van der Waals surface area (Å²) in [5.74, 6) is -4.92. The Bertz CT molecular complexity index is 1690. The summed E-state index contributed by atoms with van der Waals surface area (Å²) in [5.41, 5.74) is 0.0361. The Hall–Kier alpha value is -3.19. The Morgan fingerprint density at radius 3 is 2.36 bits per heavy atom. The van der Waals surface area contributed by atoms with Crippen molar-refractivity contribution in [3.8, 4) is 0 Å². The SMILES string of the molecule is C[C@H]1Nc2ncnc3c2cc(N2CCS(=O)(=O)CC2)c(=O)n3CCCCCCCN2CCC(CC2)C(F)(F)c2cccc1c2F. The van der Waals surface area contributed by atoms with Crippen molar-refractivity contribution < 1.29 is 21.6 Å². The average Bonchev–Trinajstić information content (AvgIpc) is 3.01. The van der Waals surface area contributed by atoms with Crippen molar-refractivity contribution in [2.75, 3.05) is 54.4 Å². The first kappa shape index (κ1) is 31.8. The van der Waals surface area contributed by atoms with E-state index in [1.165, 1.54) is 24.5 Å². The molecule has 4 aliphatic rings. The number of hydrogen-bond acceptors (Lipinski definition) is 8. The molecule has 0 saturated carbocycles. The highest BCUT2D eigenvalue weighted by Crippen LogP contribution is 2.44. The van der Waals surface area contributed by atoms with E-state index in [0.29, 0.717) is 55.0 Å². The lowest BCUT2D eigenvalue weighted by molar-refractivity contribution is -0.0880. The van der Waals surface area contributed by atoms with Crippen LogP contribution in [0.3, 0.4) is 0 Å². The summed E-state index contributed by atoms with van der Waals surface area (Å²) in [7, 11) is -3.17. The molecule has 6 heterocycles. The number of alkyl halides is 2. The van der Waals surface area contributed by atoms with E-state index in [9.17, 15) is 13.2 Å². The predicted octanol–water partition coefficient (Wildman–Crippen LogP) is 5.11. The smallest absolute Gasteiger partial charge is 0.278 e. The number of halogens is 3. The van der Waals surface area contributed by atoms with Gasteiger partial charge in [0.05, 0.1) is 28.5 Å². The van der Waals surface area contributed by atoms with E-state index in [1.54, 1.807) is 22.5 Å². The minimum Gasteiger partial charge on any atom is -0.365 e. The summed E-state index contributed by atoms with van der Waals surface area (Å²) in [6.07, 6.45) is 6.60. The Balaban J connectivity index is 1.41. The molecule has 13 heteroatoms. The number of nitrogens with one attached hydrogen (secondary N) is 1. The fourth-order valence-corrected chi connectivity index (χ4v) is 8.17. The van der Waals surface area contributed by atoms with Gasteiger partial charge < -0.3 is 15.1 Å². The fourth-order valence-electron chi connectivity index (χ4n) is 6.97. The topological polar surface area (TPSA) is 100 Å². The minimum atomic E-state index is -3.31. The van der Waals surface area contributed by atoms with Crippen LogP contribution >= 0.6 is 0 Å². The Kier molecular flexibility index (Phi) is 9.11. The highest BCUT2D eigenvalue weighted by atomic mass is 32.2. The summed E-state index contributed by atoms with van der Waals surface area (Å²) < 4.78 is 73.5. The normalized spacial score (nSPS) is 25.9. The second kappa shape index (κ2) is 12.9. The molecule has 2 saturated heterocycles.